The van der Waals surface area contributed by atoms with Crippen LogP contribution in [0.5, 0.6) is 5.75 Å². The highest BCUT2D eigenvalue weighted by atomic mass is 32.1. The van der Waals surface area contributed by atoms with Gasteiger partial charge in [0.1, 0.15) is 16.3 Å². The minimum Gasteiger partial charge on any atom is -0.438 e. The molecule has 0 fully saturated rings. The first-order chi connectivity index (χ1) is 12.1. The maximum absolute atomic E-state index is 12.8. The van der Waals surface area contributed by atoms with E-state index < -0.39 is 5.92 Å². The number of rotatable bonds is 3. The molecule has 0 bridgehead atoms. The van der Waals surface area contributed by atoms with Crippen molar-refractivity contribution >= 4 is 38.2 Å². The Balaban J connectivity index is 2.03. The lowest BCUT2D eigenvalue weighted by Crippen LogP contribution is -2.27. The minimum absolute atomic E-state index is 0.0266. The predicted octanol–water partition coefficient (Wildman–Crippen LogP) is 2.70. The van der Waals surface area contributed by atoms with Gasteiger partial charge in [-0.15, -0.1) is 11.3 Å². The minimum atomic E-state index is -0.536. The number of nitriles is 1. The number of aromatic nitrogens is 2. The Morgan fingerprint density at radius 1 is 1.56 bits per heavy atom. The van der Waals surface area contributed by atoms with Crippen molar-refractivity contribution in [3.63, 3.8) is 0 Å². The van der Waals surface area contributed by atoms with Gasteiger partial charge in [-0.3, -0.25) is 4.79 Å². The largest absolute Gasteiger partial charge is 0.438 e. The Hall–Kier alpha value is -2.83. The summed E-state index contributed by atoms with van der Waals surface area (Å²) in [5.41, 5.74) is 6.77. The van der Waals surface area contributed by atoms with Gasteiger partial charge >= 0.3 is 0 Å². The molecule has 0 unspecified atom stereocenters. The number of nitrogens with zero attached hydrogens (tertiary/aromatic N) is 2. The number of allylic oxidation sites excluding steroid dienone is 1. The number of ether oxygens (including phenoxy) is 1. The van der Waals surface area contributed by atoms with Crippen LogP contribution >= 0.6 is 22.7 Å². The van der Waals surface area contributed by atoms with Crippen LogP contribution in [0.25, 0.3) is 10.3 Å². The topological polar surface area (TPSA) is 117 Å². The van der Waals surface area contributed by atoms with Gasteiger partial charge in [-0.1, -0.05) is 17.4 Å². The fourth-order valence-electron chi connectivity index (χ4n) is 2.86. The van der Waals surface area contributed by atoms with Gasteiger partial charge in [0, 0.05) is 11.4 Å². The van der Waals surface area contributed by atoms with E-state index in [1.807, 2.05) is 24.4 Å². The molecule has 0 radical (unpaired) electrons. The van der Waals surface area contributed by atoms with Crippen molar-refractivity contribution in [1.82, 2.24) is 9.97 Å². The summed E-state index contributed by atoms with van der Waals surface area (Å²) >= 11 is 2.85. The molecule has 4 heterocycles. The monoisotopic (exact) mass is 371 g/mol. The Bertz CT molecular complexity index is 1090. The van der Waals surface area contributed by atoms with Gasteiger partial charge in [-0.05, 0) is 18.4 Å². The van der Waals surface area contributed by atoms with E-state index >= 15 is 0 Å². The molecule has 25 heavy (non-hydrogen) atoms. The number of pyridine rings is 1. The first-order valence-electron chi connectivity index (χ1n) is 7.55. The molecule has 0 saturated heterocycles. The van der Waals surface area contributed by atoms with Crippen molar-refractivity contribution < 1.29 is 4.74 Å². The number of fused-ring (bicyclic) bond motifs is 3. The lowest BCUT2D eigenvalue weighted by molar-refractivity contribution is 0.398. The van der Waals surface area contributed by atoms with Gasteiger partial charge in [-0.2, -0.15) is 5.26 Å². The summed E-state index contributed by atoms with van der Waals surface area (Å²) in [6.07, 6.45) is 0. The lowest BCUT2D eigenvalue weighted by Gasteiger charge is -2.24. The van der Waals surface area contributed by atoms with Crippen LogP contribution in [-0.2, 0) is 0 Å². The van der Waals surface area contributed by atoms with E-state index in [9.17, 15) is 10.1 Å². The molecule has 4 N–H and O–H groups in total. The summed E-state index contributed by atoms with van der Waals surface area (Å²) < 4.78 is 6.41. The molecule has 1 atom stereocenters. The van der Waals surface area contributed by atoms with Crippen molar-refractivity contribution in [2.75, 3.05) is 11.9 Å². The lowest BCUT2D eigenvalue weighted by atomic mass is 9.89. The maximum atomic E-state index is 12.8. The SMILES string of the molecule is CCNc1nc2[nH]c(=O)c3c(c2s1)OC(N)=C(C#N)[C@H]3c1cccs1. The van der Waals surface area contributed by atoms with Crippen LogP contribution in [0.3, 0.4) is 0 Å². The third kappa shape index (κ3) is 2.38. The zero-order valence-corrected chi connectivity index (χ0v) is 14.8. The van der Waals surface area contributed by atoms with Crippen molar-refractivity contribution in [1.29, 1.82) is 5.26 Å². The molecule has 4 rings (SSSR count). The quantitative estimate of drug-likeness (QED) is 0.652. The van der Waals surface area contributed by atoms with Gasteiger partial charge in [0.05, 0.1) is 11.5 Å². The van der Waals surface area contributed by atoms with Gasteiger partial charge in [0.15, 0.2) is 16.5 Å². The van der Waals surface area contributed by atoms with Crippen molar-refractivity contribution in [2.45, 2.75) is 12.8 Å². The molecule has 7 nitrogen and oxygen atoms in total. The van der Waals surface area contributed by atoms with E-state index in [0.29, 0.717) is 33.3 Å². The number of thiazole rings is 1. The average molecular weight is 371 g/mol. The second-order valence-corrected chi connectivity index (χ2v) is 7.34. The van der Waals surface area contributed by atoms with Crippen molar-refractivity contribution in [3.05, 3.63) is 49.8 Å². The third-order valence-corrected chi connectivity index (χ3v) is 5.83. The number of H-pyrrole nitrogens is 1. The molecular formula is C16H13N5O2S2. The molecule has 1 aliphatic rings. The fraction of sp³-hybridized carbons (Fsp3) is 0.188. The van der Waals surface area contributed by atoms with E-state index in [2.05, 4.69) is 21.4 Å². The van der Waals surface area contributed by atoms with E-state index in [4.69, 9.17) is 10.5 Å². The second-order valence-electron chi connectivity index (χ2n) is 5.36. The fourth-order valence-corrected chi connectivity index (χ4v) is 4.69. The predicted molar refractivity (Wildman–Crippen MR) is 98.0 cm³/mol. The summed E-state index contributed by atoms with van der Waals surface area (Å²) in [7, 11) is 0. The van der Waals surface area contributed by atoms with Crippen LogP contribution in [0.1, 0.15) is 23.3 Å². The van der Waals surface area contributed by atoms with Crippen LogP contribution < -0.4 is 21.3 Å². The smallest absolute Gasteiger partial charge is 0.257 e. The molecule has 9 heteroatoms. The number of nitrogens with two attached hydrogens (primary N) is 1. The molecule has 0 spiro atoms. The Morgan fingerprint density at radius 3 is 3.08 bits per heavy atom. The van der Waals surface area contributed by atoms with Crippen LogP contribution in [0, 0.1) is 11.3 Å². The summed E-state index contributed by atoms with van der Waals surface area (Å²) in [6.45, 7) is 2.68. The Kier molecular flexibility index (Phi) is 3.71. The van der Waals surface area contributed by atoms with Crippen molar-refractivity contribution in [2.24, 2.45) is 5.73 Å². The van der Waals surface area contributed by atoms with Crippen LogP contribution in [0.15, 0.2) is 33.8 Å². The zero-order valence-electron chi connectivity index (χ0n) is 13.1. The number of hydrogen-bond acceptors (Lipinski definition) is 8. The molecule has 3 aromatic heterocycles. The van der Waals surface area contributed by atoms with Crippen LogP contribution in [-0.4, -0.2) is 16.5 Å². The molecule has 1 aliphatic heterocycles. The first kappa shape index (κ1) is 15.7. The molecule has 0 amide bonds. The summed E-state index contributed by atoms with van der Waals surface area (Å²) in [5, 5.41) is 15.3. The number of anilines is 1. The summed E-state index contributed by atoms with van der Waals surface area (Å²) in [4.78, 5) is 20.8. The Labute approximate surface area is 150 Å². The highest BCUT2D eigenvalue weighted by molar-refractivity contribution is 7.22. The zero-order chi connectivity index (χ0) is 17.6. The highest BCUT2D eigenvalue weighted by Crippen LogP contribution is 2.45. The van der Waals surface area contributed by atoms with E-state index in [0.717, 1.165) is 4.88 Å². The number of thiophene rings is 1. The van der Waals surface area contributed by atoms with E-state index in [1.54, 1.807) is 0 Å². The first-order valence-corrected chi connectivity index (χ1v) is 9.25. The van der Waals surface area contributed by atoms with Gasteiger partial charge < -0.3 is 20.8 Å². The molecule has 126 valence electrons. The third-order valence-electron chi connectivity index (χ3n) is 3.89. The van der Waals surface area contributed by atoms with E-state index in [-0.39, 0.29) is 17.0 Å². The molecular weight excluding hydrogens is 358 g/mol. The summed E-state index contributed by atoms with van der Waals surface area (Å²) in [5.74, 6) is -0.124. The molecule has 3 aromatic rings. The summed E-state index contributed by atoms with van der Waals surface area (Å²) in [6, 6.07) is 5.86. The normalized spacial score (nSPS) is 16.4. The Morgan fingerprint density at radius 2 is 2.40 bits per heavy atom. The van der Waals surface area contributed by atoms with Gasteiger partial charge in [-0.25, -0.2) is 4.98 Å². The standard InChI is InChI=1S/C16H13N5O2S2/c1-2-19-16-21-14-12(25-16)11-10(15(22)20-14)9(8-4-3-5-24-8)7(6-17)13(18)23-11/h3-5,9H,2,18H2,1H3,(H2,19,20,21,22)/t9-/m0/s1. The van der Waals surface area contributed by atoms with Crippen LogP contribution in [0.4, 0.5) is 5.13 Å². The average Bonchev–Trinajstić information content (AvgIpc) is 3.23. The van der Waals surface area contributed by atoms with Crippen molar-refractivity contribution in [3.8, 4) is 11.8 Å². The van der Waals surface area contributed by atoms with Gasteiger partial charge in [0.2, 0.25) is 5.88 Å². The number of nitrogens with one attached hydrogen (secondary N) is 2. The second kappa shape index (κ2) is 5.91. The number of hydrogen-bond donors (Lipinski definition) is 3. The van der Waals surface area contributed by atoms with Crippen LogP contribution in [0.2, 0.25) is 0 Å². The molecule has 0 aliphatic carbocycles. The molecule has 0 saturated carbocycles. The maximum Gasteiger partial charge on any atom is 0.257 e. The number of aromatic amines is 1. The van der Waals surface area contributed by atoms with E-state index in [1.165, 1.54) is 22.7 Å². The van der Waals surface area contributed by atoms with Gasteiger partial charge in [0.25, 0.3) is 5.56 Å². The highest BCUT2D eigenvalue weighted by Gasteiger charge is 2.35. The molecule has 0 aromatic carbocycles.